The largest absolute Gasteiger partial charge is 0.398 e. The summed E-state index contributed by atoms with van der Waals surface area (Å²) in [5, 5.41) is 9.66. The van der Waals surface area contributed by atoms with E-state index in [0.29, 0.717) is 0 Å². The summed E-state index contributed by atoms with van der Waals surface area (Å²) in [7, 11) is 1.93. The van der Waals surface area contributed by atoms with Gasteiger partial charge in [-0.15, -0.1) is 0 Å². The Morgan fingerprint density at radius 3 is 2.84 bits per heavy atom. The first-order valence-corrected chi connectivity index (χ1v) is 6.43. The van der Waals surface area contributed by atoms with Crippen molar-refractivity contribution in [1.29, 1.82) is 0 Å². The summed E-state index contributed by atoms with van der Waals surface area (Å²) in [5.74, 6) is 0. The van der Waals surface area contributed by atoms with Crippen molar-refractivity contribution in [2.24, 2.45) is 7.05 Å². The highest BCUT2D eigenvalue weighted by atomic mass is 15.3. The predicted molar refractivity (Wildman–Crippen MR) is 76.6 cm³/mol. The minimum absolute atomic E-state index is 0.761. The van der Waals surface area contributed by atoms with Crippen LogP contribution in [0.4, 0.5) is 5.69 Å². The maximum Gasteiger partial charge on any atom is 0.0686 e. The Morgan fingerprint density at radius 1 is 1.21 bits per heavy atom. The molecule has 0 fully saturated rings. The van der Waals surface area contributed by atoms with Crippen LogP contribution in [0, 0.1) is 0 Å². The monoisotopic (exact) mass is 255 g/mol. The van der Waals surface area contributed by atoms with Crippen LogP contribution >= 0.6 is 0 Å². The van der Waals surface area contributed by atoms with Crippen LogP contribution in [0.1, 0.15) is 13.3 Å². The van der Waals surface area contributed by atoms with Gasteiger partial charge in [-0.25, -0.2) is 0 Å². The zero-order valence-corrected chi connectivity index (χ0v) is 11.2. The zero-order valence-electron chi connectivity index (χ0n) is 11.2. The quantitative estimate of drug-likeness (QED) is 0.731. The van der Waals surface area contributed by atoms with Gasteiger partial charge in [0.15, 0.2) is 0 Å². The maximum absolute atomic E-state index is 6.14. The fourth-order valence-electron chi connectivity index (χ4n) is 2.32. The minimum atomic E-state index is 0.761. The molecule has 0 saturated heterocycles. The standard InChI is InChI=1S/C14H17N5/c1-3-4-19-9-11(8-17-19)12-6-14-10(5-13(12)15)7-16-18(14)2/h5-9H,3-4,15H2,1-2H3. The van der Waals surface area contributed by atoms with Crippen LogP contribution in [0.5, 0.6) is 0 Å². The molecule has 0 radical (unpaired) electrons. The smallest absolute Gasteiger partial charge is 0.0686 e. The van der Waals surface area contributed by atoms with Gasteiger partial charge in [0.1, 0.15) is 0 Å². The summed E-state index contributed by atoms with van der Waals surface area (Å²) < 4.78 is 3.80. The number of hydrogen-bond acceptors (Lipinski definition) is 3. The van der Waals surface area contributed by atoms with Crippen molar-refractivity contribution < 1.29 is 0 Å². The second kappa shape index (κ2) is 4.42. The molecule has 5 nitrogen and oxygen atoms in total. The molecule has 3 rings (SSSR count). The molecule has 0 saturated carbocycles. The number of rotatable bonds is 3. The highest BCUT2D eigenvalue weighted by Crippen LogP contribution is 2.30. The highest BCUT2D eigenvalue weighted by Gasteiger charge is 2.09. The van der Waals surface area contributed by atoms with Crippen molar-refractivity contribution in [3.05, 3.63) is 30.7 Å². The average molecular weight is 255 g/mol. The lowest BCUT2D eigenvalue weighted by molar-refractivity contribution is 0.603. The minimum Gasteiger partial charge on any atom is -0.398 e. The topological polar surface area (TPSA) is 61.7 Å². The SMILES string of the molecule is CCCn1cc(-c2cc3c(cnn3C)cc2N)cn1. The van der Waals surface area contributed by atoms with E-state index in [-0.39, 0.29) is 0 Å². The van der Waals surface area contributed by atoms with Gasteiger partial charge in [-0.1, -0.05) is 6.92 Å². The van der Waals surface area contributed by atoms with Gasteiger partial charge in [0.2, 0.25) is 0 Å². The Morgan fingerprint density at radius 2 is 2.05 bits per heavy atom. The third kappa shape index (κ3) is 1.97. The molecular formula is C14H17N5. The lowest BCUT2D eigenvalue weighted by Crippen LogP contribution is -1.95. The number of aromatic nitrogens is 4. The molecular weight excluding hydrogens is 238 g/mol. The van der Waals surface area contributed by atoms with Crippen LogP contribution in [0.3, 0.4) is 0 Å². The number of anilines is 1. The summed E-state index contributed by atoms with van der Waals surface area (Å²) in [4.78, 5) is 0. The van der Waals surface area contributed by atoms with Crippen molar-refractivity contribution >= 4 is 16.6 Å². The number of nitrogens with zero attached hydrogens (tertiary/aromatic N) is 4. The summed E-state index contributed by atoms with van der Waals surface area (Å²) >= 11 is 0. The Bertz CT molecular complexity index is 723. The van der Waals surface area contributed by atoms with Gasteiger partial charge in [0.05, 0.1) is 17.9 Å². The fourth-order valence-corrected chi connectivity index (χ4v) is 2.32. The van der Waals surface area contributed by atoms with Crippen molar-refractivity contribution in [1.82, 2.24) is 19.6 Å². The molecule has 19 heavy (non-hydrogen) atoms. The Hall–Kier alpha value is -2.30. The van der Waals surface area contributed by atoms with Gasteiger partial charge in [-0.05, 0) is 18.6 Å². The molecule has 98 valence electrons. The molecule has 5 heteroatoms. The van der Waals surface area contributed by atoms with Crippen LogP contribution in [-0.4, -0.2) is 19.6 Å². The highest BCUT2D eigenvalue weighted by molar-refractivity contribution is 5.91. The lowest BCUT2D eigenvalue weighted by atomic mass is 10.1. The molecule has 0 aliphatic heterocycles. The first kappa shape index (κ1) is 11.8. The Balaban J connectivity index is 2.12. The number of nitrogen functional groups attached to an aromatic ring is 1. The summed E-state index contributed by atoms with van der Waals surface area (Å²) in [5.41, 5.74) is 10.0. The van der Waals surface area contributed by atoms with E-state index in [1.807, 2.05) is 41.1 Å². The molecule has 0 atom stereocenters. The molecule has 0 bridgehead atoms. The molecule has 2 aromatic heterocycles. The van der Waals surface area contributed by atoms with Crippen molar-refractivity contribution in [2.45, 2.75) is 19.9 Å². The summed E-state index contributed by atoms with van der Waals surface area (Å²) in [6.45, 7) is 3.06. The van der Waals surface area contributed by atoms with E-state index in [4.69, 9.17) is 5.73 Å². The molecule has 0 amide bonds. The van der Waals surface area contributed by atoms with E-state index < -0.39 is 0 Å². The van der Waals surface area contributed by atoms with Crippen molar-refractivity contribution in [2.75, 3.05) is 5.73 Å². The van der Waals surface area contributed by atoms with Crippen molar-refractivity contribution in [3.8, 4) is 11.1 Å². The van der Waals surface area contributed by atoms with Gasteiger partial charge < -0.3 is 5.73 Å². The van der Waals surface area contributed by atoms with E-state index in [1.54, 1.807) is 0 Å². The van der Waals surface area contributed by atoms with Crippen LogP contribution < -0.4 is 5.73 Å². The number of nitrogens with two attached hydrogens (primary N) is 1. The first-order chi connectivity index (χ1) is 9.19. The average Bonchev–Trinajstić information content (AvgIpc) is 2.97. The third-order valence-corrected chi connectivity index (χ3v) is 3.31. The van der Waals surface area contributed by atoms with E-state index in [0.717, 1.165) is 40.7 Å². The normalized spacial score (nSPS) is 11.3. The van der Waals surface area contributed by atoms with Crippen molar-refractivity contribution in [3.63, 3.8) is 0 Å². The van der Waals surface area contributed by atoms with Crippen LogP contribution in [0.25, 0.3) is 22.0 Å². The molecule has 3 aromatic rings. The molecule has 1 aromatic carbocycles. The van der Waals surface area contributed by atoms with Crippen LogP contribution in [0.2, 0.25) is 0 Å². The maximum atomic E-state index is 6.14. The Kier molecular flexibility index (Phi) is 2.74. The number of aryl methyl sites for hydroxylation is 2. The second-order valence-corrected chi connectivity index (χ2v) is 4.76. The first-order valence-electron chi connectivity index (χ1n) is 6.43. The lowest BCUT2D eigenvalue weighted by Gasteiger charge is -2.04. The fraction of sp³-hybridized carbons (Fsp3) is 0.286. The van der Waals surface area contributed by atoms with Gasteiger partial charge in [0, 0.05) is 42.0 Å². The van der Waals surface area contributed by atoms with Gasteiger partial charge in [0.25, 0.3) is 0 Å². The van der Waals surface area contributed by atoms with Gasteiger partial charge >= 0.3 is 0 Å². The molecule has 2 heterocycles. The summed E-state index contributed by atoms with van der Waals surface area (Å²) in [6, 6.07) is 4.04. The van der Waals surface area contributed by atoms with Gasteiger partial charge in [-0.3, -0.25) is 9.36 Å². The third-order valence-electron chi connectivity index (χ3n) is 3.31. The molecule has 0 unspecified atom stereocenters. The number of benzene rings is 1. The number of fused-ring (bicyclic) bond motifs is 1. The molecule has 0 aliphatic rings. The molecule has 0 spiro atoms. The van der Waals surface area contributed by atoms with Gasteiger partial charge in [-0.2, -0.15) is 10.2 Å². The van der Waals surface area contributed by atoms with Crippen LogP contribution in [0.15, 0.2) is 30.7 Å². The van der Waals surface area contributed by atoms with Crippen LogP contribution in [-0.2, 0) is 13.6 Å². The predicted octanol–water partition coefficient (Wildman–Crippen LogP) is 2.43. The molecule has 2 N–H and O–H groups in total. The summed E-state index contributed by atoms with van der Waals surface area (Å²) in [6.07, 6.45) is 6.80. The van der Waals surface area contributed by atoms with E-state index in [2.05, 4.69) is 23.2 Å². The van der Waals surface area contributed by atoms with E-state index in [9.17, 15) is 0 Å². The molecule has 0 aliphatic carbocycles. The Labute approximate surface area is 111 Å². The van der Waals surface area contributed by atoms with E-state index >= 15 is 0 Å². The van der Waals surface area contributed by atoms with E-state index in [1.165, 1.54) is 0 Å². The number of hydrogen-bond donors (Lipinski definition) is 1. The zero-order chi connectivity index (χ0) is 13.4. The second-order valence-electron chi connectivity index (χ2n) is 4.76.